The Morgan fingerprint density at radius 3 is 2.20 bits per heavy atom. The van der Waals surface area contributed by atoms with E-state index in [0.717, 1.165) is 0 Å². The highest BCUT2D eigenvalue weighted by Gasteiger charge is 2.40. The first-order valence-electron chi connectivity index (χ1n) is 8.40. The molecule has 0 bridgehead atoms. The van der Waals surface area contributed by atoms with E-state index in [1.54, 1.807) is 32.0 Å². The quantitative estimate of drug-likeness (QED) is 0.507. The van der Waals surface area contributed by atoms with Crippen molar-refractivity contribution < 1.29 is 28.6 Å². The summed E-state index contributed by atoms with van der Waals surface area (Å²) in [4.78, 5) is 11.6. The van der Waals surface area contributed by atoms with Gasteiger partial charge in [0, 0.05) is 5.56 Å². The van der Waals surface area contributed by atoms with Crippen LogP contribution in [0.1, 0.15) is 45.5 Å². The van der Waals surface area contributed by atoms with Crippen LogP contribution in [0.5, 0.6) is 5.75 Å². The van der Waals surface area contributed by atoms with Crippen molar-refractivity contribution in [3.05, 3.63) is 29.8 Å². The molecule has 0 aliphatic heterocycles. The maximum atomic E-state index is 13.3. The minimum absolute atomic E-state index is 0.103. The average Bonchev–Trinajstić information content (AvgIpc) is 2.52. The van der Waals surface area contributed by atoms with Crippen LogP contribution >= 0.6 is 7.60 Å². The summed E-state index contributed by atoms with van der Waals surface area (Å²) in [6, 6.07) is 5.37. The highest BCUT2D eigenvalue weighted by molar-refractivity contribution is 7.54. The summed E-state index contributed by atoms with van der Waals surface area (Å²) < 4.78 is 24.1. The van der Waals surface area contributed by atoms with Crippen LogP contribution in [0.3, 0.4) is 0 Å². The molecule has 1 rings (SSSR count). The number of carbonyl (C=O) groups is 1. The second kappa shape index (κ2) is 9.92. The predicted octanol–water partition coefficient (Wildman–Crippen LogP) is 3.75. The summed E-state index contributed by atoms with van der Waals surface area (Å²) in [5.41, 5.74) is 0.280. The SMILES string of the molecule is CCOP(=O)(OCC)C(N[C@@H](CC(C)C)C(=O)O)c1ccccc1O. The molecule has 0 amide bonds. The summed E-state index contributed by atoms with van der Waals surface area (Å²) in [7, 11) is -3.75. The van der Waals surface area contributed by atoms with E-state index in [1.165, 1.54) is 6.07 Å². The molecule has 0 saturated heterocycles. The van der Waals surface area contributed by atoms with Crippen molar-refractivity contribution in [2.45, 2.75) is 45.9 Å². The molecule has 0 aliphatic rings. The normalized spacial score (nSPS) is 14.4. The van der Waals surface area contributed by atoms with Crippen LogP contribution in [0.4, 0.5) is 0 Å². The molecule has 0 spiro atoms. The van der Waals surface area contributed by atoms with Crippen LogP contribution in [-0.2, 0) is 18.4 Å². The number of para-hydroxylation sites is 1. The molecule has 1 aromatic rings. The fourth-order valence-corrected chi connectivity index (χ4v) is 4.53. The van der Waals surface area contributed by atoms with Crippen molar-refractivity contribution in [3.63, 3.8) is 0 Å². The van der Waals surface area contributed by atoms with Gasteiger partial charge in [-0.05, 0) is 32.3 Å². The molecule has 0 radical (unpaired) electrons. The lowest BCUT2D eigenvalue weighted by atomic mass is 10.0. The summed E-state index contributed by atoms with van der Waals surface area (Å²) in [5, 5.41) is 22.6. The number of phenols is 1. The van der Waals surface area contributed by atoms with Gasteiger partial charge in [-0.3, -0.25) is 14.7 Å². The van der Waals surface area contributed by atoms with Gasteiger partial charge in [-0.15, -0.1) is 0 Å². The molecule has 142 valence electrons. The number of hydrogen-bond donors (Lipinski definition) is 3. The molecule has 25 heavy (non-hydrogen) atoms. The van der Waals surface area contributed by atoms with Gasteiger partial charge in [-0.2, -0.15) is 0 Å². The number of benzene rings is 1. The van der Waals surface area contributed by atoms with Gasteiger partial charge in [0.25, 0.3) is 0 Å². The first-order valence-corrected chi connectivity index (χ1v) is 10.0. The van der Waals surface area contributed by atoms with Gasteiger partial charge in [0.15, 0.2) is 0 Å². The zero-order valence-electron chi connectivity index (χ0n) is 15.1. The number of aromatic hydroxyl groups is 1. The fourth-order valence-electron chi connectivity index (χ4n) is 2.52. The van der Waals surface area contributed by atoms with Crippen LogP contribution in [0.15, 0.2) is 24.3 Å². The molecule has 0 saturated carbocycles. The number of carboxylic acids is 1. The minimum Gasteiger partial charge on any atom is -0.508 e. The van der Waals surface area contributed by atoms with Gasteiger partial charge in [-0.1, -0.05) is 32.0 Å². The minimum atomic E-state index is -3.75. The Labute approximate surface area is 148 Å². The van der Waals surface area contributed by atoms with Crippen LogP contribution in [0.25, 0.3) is 0 Å². The number of rotatable bonds is 11. The number of aliphatic carboxylic acids is 1. The van der Waals surface area contributed by atoms with Crippen LogP contribution in [0, 0.1) is 5.92 Å². The lowest BCUT2D eigenvalue weighted by Gasteiger charge is -2.30. The lowest BCUT2D eigenvalue weighted by molar-refractivity contribution is -0.140. The van der Waals surface area contributed by atoms with Crippen molar-refractivity contribution in [2.24, 2.45) is 5.92 Å². The second-order valence-corrected chi connectivity index (χ2v) is 8.14. The van der Waals surface area contributed by atoms with Crippen molar-refractivity contribution >= 4 is 13.6 Å². The number of phenolic OH excluding ortho intramolecular Hbond substituents is 1. The van der Waals surface area contributed by atoms with Crippen molar-refractivity contribution in [3.8, 4) is 5.75 Å². The third kappa shape index (κ3) is 6.12. The first-order chi connectivity index (χ1) is 11.7. The predicted molar refractivity (Wildman–Crippen MR) is 95.7 cm³/mol. The summed E-state index contributed by atoms with van der Waals surface area (Å²) in [5.74, 6) is -2.15. The van der Waals surface area contributed by atoms with Crippen molar-refractivity contribution in [1.82, 2.24) is 5.32 Å². The smallest absolute Gasteiger partial charge is 0.352 e. The molecule has 0 heterocycles. The molecular weight excluding hydrogens is 345 g/mol. The number of hydrogen-bond acceptors (Lipinski definition) is 6. The van der Waals surface area contributed by atoms with Gasteiger partial charge < -0.3 is 19.3 Å². The molecule has 1 aromatic carbocycles. The fraction of sp³-hybridized carbons (Fsp3) is 0.588. The third-order valence-corrected chi connectivity index (χ3v) is 5.83. The Kier molecular flexibility index (Phi) is 8.59. The van der Waals surface area contributed by atoms with Gasteiger partial charge in [-0.25, -0.2) is 0 Å². The highest BCUT2D eigenvalue weighted by Crippen LogP contribution is 2.60. The van der Waals surface area contributed by atoms with Crippen molar-refractivity contribution in [2.75, 3.05) is 13.2 Å². The average molecular weight is 373 g/mol. The Balaban J connectivity index is 3.34. The maximum Gasteiger partial charge on any atom is 0.352 e. The van der Waals surface area contributed by atoms with Crippen molar-refractivity contribution in [1.29, 1.82) is 0 Å². The molecule has 7 nitrogen and oxygen atoms in total. The van der Waals surface area contributed by atoms with E-state index >= 15 is 0 Å². The summed E-state index contributed by atoms with van der Waals surface area (Å²) in [6.07, 6.45) is 0.331. The molecule has 2 atom stereocenters. The largest absolute Gasteiger partial charge is 0.508 e. The maximum absolute atomic E-state index is 13.3. The number of nitrogens with one attached hydrogen (secondary N) is 1. The van der Waals surface area contributed by atoms with Gasteiger partial charge in [0.1, 0.15) is 17.6 Å². The highest BCUT2D eigenvalue weighted by atomic mass is 31.2. The van der Waals surface area contributed by atoms with E-state index in [4.69, 9.17) is 9.05 Å². The summed E-state index contributed by atoms with van der Waals surface area (Å²) in [6.45, 7) is 7.41. The molecule has 0 aliphatic carbocycles. The molecule has 1 unspecified atom stereocenters. The Morgan fingerprint density at radius 2 is 1.76 bits per heavy atom. The zero-order valence-corrected chi connectivity index (χ0v) is 16.0. The molecule has 0 fully saturated rings. The van der Waals surface area contributed by atoms with Gasteiger partial charge in [0.2, 0.25) is 0 Å². The molecule has 3 N–H and O–H groups in total. The molecule has 8 heteroatoms. The van der Waals surface area contributed by atoms with Crippen LogP contribution < -0.4 is 5.32 Å². The Bertz CT molecular complexity index is 597. The van der Waals surface area contributed by atoms with E-state index in [0.29, 0.717) is 6.42 Å². The molecule has 0 aromatic heterocycles. The Hall–Kier alpha value is -1.40. The van der Waals surface area contributed by atoms with Crippen LogP contribution in [-0.4, -0.2) is 35.4 Å². The first kappa shape index (κ1) is 21.6. The van der Waals surface area contributed by atoms with Crippen LogP contribution in [0.2, 0.25) is 0 Å². The topological polar surface area (TPSA) is 105 Å². The zero-order chi connectivity index (χ0) is 19.0. The van der Waals surface area contributed by atoms with Gasteiger partial charge in [0.05, 0.1) is 13.2 Å². The van der Waals surface area contributed by atoms with E-state index in [-0.39, 0.29) is 30.4 Å². The molecular formula is C17H28NO6P. The number of carboxylic acid groups (broad SMARTS) is 1. The van der Waals surface area contributed by atoms with E-state index < -0.39 is 25.4 Å². The van der Waals surface area contributed by atoms with Gasteiger partial charge >= 0.3 is 13.6 Å². The lowest BCUT2D eigenvalue weighted by Crippen LogP contribution is -2.40. The monoisotopic (exact) mass is 373 g/mol. The Morgan fingerprint density at radius 1 is 1.20 bits per heavy atom. The van der Waals surface area contributed by atoms with E-state index in [1.807, 2.05) is 13.8 Å². The third-order valence-electron chi connectivity index (χ3n) is 3.53. The standard InChI is InChI=1S/C17H28NO6P/c1-5-23-25(22,24-6-2)16(13-9-7-8-10-15(13)19)18-14(17(20)21)11-12(3)4/h7-10,12,14,16,18-19H,5-6,11H2,1-4H3,(H,20,21)/t14-,16?/m0/s1. The van der Waals surface area contributed by atoms with E-state index in [2.05, 4.69) is 5.32 Å². The summed E-state index contributed by atoms with van der Waals surface area (Å²) >= 11 is 0. The second-order valence-electron chi connectivity index (χ2n) is 6.02. The van der Waals surface area contributed by atoms with E-state index in [9.17, 15) is 19.6 Å².